The van der Waals surface area contributed by atoms with Crippen LogP contribution in [0.1, 0.15) is 12.5 Å². The Kier molecular flexibility index (Phi) is 5.45. The minimum atomic E-state index is -0.556. The van der Waals surface area contributed by atoms with Gasteiger partial charge in [0, 0.05) is 13.6 Å². The van der Waals surface area contributed by atoms with Crippen molar-refractivity contribution in [2.45, 2.75) is 19.6 Å². The Bertz CT molecular complexity index is 407. The molecule has 0 fully saturated rings. The first-order valence-corrected chi connectivity index (χ1v) is 5.82. The maximum atomic E-state index is 11.4. The summed E-state index contributed by atoms with van der Waals surface area (Å²) in [6.45, 7) is 2.45. The van der Waals surface area contributed by atoms with Crippen LogP contribution in [0.4, 0.5) is 0 Å². The first-order valence-electron chi connectivity index (χ1n) is 5.82. The van der Waals surface area contributed by atoms with Gasteiger partial charge in [0.25, 0.3) is 5.91 Å². The van der Waals surface area contributed by atoms with E-state index in [1.807, 2.05) is 25.2 Å². The van der Waals surface area contributed by atoms with Crippen molar-refractivity contribution in [3.8, 4) is 11.5 Å². The van der Waals surface area contributed by atoms with Gasteiger partial charge in [0.1, 0.15) is 0 Å². The molecule has 1 unspecified atom stereocenters. The first kappa shape index (κ1) is 14.3. The second-order valence-corrected chi connectivity index (χ2v) is 3.89. The first-order chi connectivity index (χ1) is 8.62. The van der Waals surface area contributed by atoms with E-state index in [1.54, 1.807) is 21.1 Å². The maximum absolute atomic E-state index is 11.4. The minimum Gasteiger partial charge on any atom is -0.493 e. The number of likely N-dealkylation sites (N-methyl/N-ethyl adjacent to an activating group) is 1. The predicted molar refractivity (Wildman–Crippen MR) is 69.9 cm³/mol. The summed E-state index contributed by atoms with van der Waals surface area (Å²) in [6.07, 6.45) is -0.556. The average molecular weight is 252 g/mol. The van der Waals surface area contributed by atoms with Gasteiger partial charge in [-0.05, 0) is 31.7 Å². The molecule has 0 heterocycles. The van der Waals surface area contributed by atoms with Crippen LogP contribution in [0.5, 0.6) is 11.5 Å². The second-order valence-electron chi connectivity index (χ2n) is 3.89. The van der Waals surface area contributed by atoms with Crippen LogP contribution in [-0.4, -0.2) is 33.2 Å². The average Bonchev–Trinajstić information content (AvgIpc) is 2.39. The van der Waals surface area contributed by atoms with E-state index in [2.05, 4.69) is 10.6 Å². The number of rotatable bonds is 6. The third-order valence-electron chi connectivity index (χ3n) is 2.53. The van der Waals surface area contributed by atoms with E-state index >= 15 is 0 Å². The lowest BCUT2D eigenvalue weighted by atomic mass is 10.2. The highest BCUT2D eigenvalue weighted by Crippen LogP contribution is 2.28. The van der Waals surface area contributed by atoms with Crippen molar-refractivity contribution < 1.29 is 14.3 Å². The Morgan fingerprint density at radius 2 is 2.06 bits per heavy atom. The minimum absolute atomic E-state index is 0.170. The zero-order chi connectivity index (χ0) is 13.5. The number of hydrogen-bond acceptors (Lipinski definition) is 4. The van der Waals surface area contributed by atoms with Gasteiger partial charge >= 0.3 is 0 Å². The van der Waals surface area contributed by atoms with Crippen LogP contribution in [0, 0.1) is 0 Å². The van der Waals surface area contributed by atoms with E-state index in [0.717, 1.165) is 12.1 Å². The summed E-state index contributed by atoms with van der Waals surface area (Å²) in [6, 6.07) is 5.64. The quantitative estimate of drug-likeness (QED) is 0.790. The van der Waals surface area contributed by atoms with Crippen molar-refractivity contribution in [1.29, 1.82) is 0 Å². The lowest BCUT2D eigenvalue weighted by Crippen LogP contribution is -2.33. The van der Waals surface area contributed by atoms with Gasteiger partial charge in [-0.25, -0.2) is 0 Å². The molecule has 1 atom stereocenters. The molecule has 18 heavy (non-hydrogen) atoms. The summed E-state index contributed by atoms with van der Waals surface area (Å²) in [5.74, 6) is 1.02. The number of amides is 1. The van der Waals surface area contributed by atoms with Gasteiger partial charge in [0.2, 0.25) is 0 Å². The molecular weight excluding hydrogens is 232 g/mol. The number of ether oxygens (including phenoxy) is 2. The van der Waals surface area contributed by atoms with E-state index in [9.17, 15) is 4.79 Å². The van der Waals surface area contributed by atoms with Gasteiger partial charge in [-0.1, -0.05) is 6.07 Å². The number of nitrogens with one attached hydrogen (secondary N) is 2. The van der Waals surface area contributed by atoms with Crippen molar-refractivity contribution in [2.75, 3.05) is 21.2 Å². The van der Waals surface area contributed by atoms with Gasteiger partial charge in [0.15, 0.2) is 17.6 Å². The molecule has 0 aliphatic rings. The molecule has 1 aromatic carbocycles. The highest BCUT2D eigenvalue weighted by molar-refractivity contribution is 5.80. The van der Waals surface area contributed by atoms with Crippen molar-refractivity contribution in [2.24, 2.45) is 0 Å². The highest BCUT2D eigenvalue weighted by Gasteiger charge is 2.15. The molecule has 0 radical (unpaired) electrons. The fraction of sp³-hybridized carbons (Fsp3) is 0.462. The Balaban J connectivity index is 2.85. The Morgan fingerprint density at radius 3 is 2.61 bits per heavy atom. The zero-order valence-electron chi connectivity index (χ0n) is 11.2. The lowest BCUT2D eigenvalue weighted by Gasteiger charge is -2.16. The van der Waals surface area contributed by atoms with Crippen LogP contribution in [0.3, 0.4) is 0 Å². The Morgan fingerprint density at radius 1 is 1.33 bits per heavy atom. The molecule has 0 saturated heterocycles. The molecular formula is C13H20N2O3. The lowest BCUT2D eigenvalue weighted by molar-refractivity contribution is -0.126. The third-order valence-corrected chi connectivity index (χ3v) is 2.53. The van der Waals surface area contributed by atoms with Crippen molar-refractivity contribution in [1.82, 2.24) is 10.6 Å². The summed E-state index contributed by atoms with van der Waals surface area (Å²) >= 11 is 0. The predicted octanol–water partition coefficient (Wildman–Crippen LogP) is 0.928. The Hall–Kier alpha value is -1.75. The fourth-order valence-electron chi connectivity index (χ4n) is 1.57. The molecule has 5 nitrogen and oxygen atoms in total. The van der Waals surface area contributed by atoms with E-state index in [1.165, 1.54) is 0 Å². The van der Waals surface area contributed by atoms with E-state index in [4.69, 9.17) is 9.47 Å². The number of benzene rings is 1. The normalized spacial score (nSPS) is 11.8. The maximum Gasteiger partial charge on any atom is 0.260 e. The van der Waals surface area contributed by atoms with Crippen molar-refractivity contribution >= 4 is 5.91 Å². The smallest absolute Gasteiger partial charge is 0.260 e. The van der Waals surface area contributed by atoms with Gasteiger partial charge in [0.05, 0.1) is 7.11 Å². The molecule has 0 spiro atoms. The van der Waals surface area contributed by atoms with Crippen LogP contribution < -0.4 is 20.1 Å². The monoisotopic (exact) mass is 252 g/mol. The molecule has 0 bridgehead atoms. The summed E-state index contributed by atoms with van der Waals surface area (Å²) < 4.78 is 10.8. The summed E-state index contributed by atoms with van der Waals surface area (Å²) in [5.41, 5.74) is 1.09. The summed E-state index contributed by atoms with van der Waals surface area (Å²) in [5, 5.41) is 5.60. The van der Waals surface area contributed by atoms with Gasteiger partial charge in [-0.3, -0.25) is 4.79 Å². The van der Waals surface area contributed by atoms with Crippen molar-refractivity contribution in [3.05, 3.63) is 23.8 Å². The van der Waals surface area contributed by atoms with E-state index in [0.29, 0.717) is 11.5 Å². The molecule has 0 saturated carbocycles. The van der Waals surface area contributed by atoms with Crippen LogP contribution in [0.15, 0.2) is 18.2 Å². The van der Waals surface area contributed by atoms with E-state index in [-0.39, 0.29) is 5.91 Å². The number of carbonyl (C=O) groups excluding carboxylic acids is 1. The number of hydrogen-bond donors (Lipinski definition) is 2. The van der Waals surface area contributed by atoms with Gasteiger partial charge < -0.3 is 20.1 Å². The second kappa shape index (κ2) is 6.86. The molecule has 0 aliphatic carbocycles. The molecule has 0 aliphatic heterocycles. The topological polar surface area (TPSA) is 59.6 Å². The van der Waals surface area contributed by atoms with Crippen LogP contribution in [0.2, 0.25) is 0 Å². The molecule has 1 rings (SSSR count). The number of carbonyl (C=O) groups is 1. The SMILES string of the molecule is CNCc1ccc(OC(C)C(=O)NC)c(OC)c1. The van der Waals surface area contributed by atoms with Gasteiger partial charge in [-0.2, -0.15) is 0 Å². The molecule has 5 heteroatoms. The zero-order valence-corrected chi connectivity index (χ0v) is 11.2. The van der Waals surface area contributed by atoms with Crippen LogP contribution in [0.25, 0.3) is 0 Å². The molecule has 2 N–H and O–H groups in total. The van der Waals surface area contributed by atoms with Crippen LogP contribution in [-0.2, 0) is 11.3 Å². The molecule has 0 aromatic heterocycles. The molecule has 100 valence electrons. The van der Waals surface area contributed by atoms with Gasteiger partial charge in [-0.15, -0.1) is 0 Å². The Labute approximate surface area is 107 Å². The van der Waals surface area contributed by atoms with Crippen molar-refractivity contribution in [3.63, 3.8) is 0 Å². The molecule has 1 aromatic rings. The highest BCUT2D eigenvalue weighted by atomic mass is 16.5. The summed E-state index contributed by atoms with van der Waals surface area (Å²) in [7, 11) is 5.04. The third kappa shape index (κ3) is 3.63. The molecule has 1 amide bonds. The number of methoxy groups -OCH3 is 1. The fourth-order valence-corrected chi connectivity index (χ4v) is 1.57. The largest absolute Gasteiger partial charge is 0.493 e. The standard InChI is InChI=1S/C13H20N2O3/c1-9(13(16)15-3)18-11-6-5-10(8-14-2)7-12(11)17-4/h5-7,9,14H,8H2,1-4H3,(H,15,16). The van der Waals surface area contributed by atoms with Crippen LogP contribution >= 0.6 is 0 Å². The van der Waals surface area contributed by atoms with E-state index < -0.39 is 6.10 Å². The summed E-state index contributed by atoms with van der Waals surface area (Å²) in [4.78, 5) is 11.4.